The zero-order chi connectivity index (χ0) is 10.5. The van der Waals surface area contributed by atoms with E-state index < -0.39 is 0 Å². The van der Waals surface area contributed by atoms with E-state index in [0.29, 0.717) is 0 Å². The van der Waals surface area contributed by atoms with Gasteiger partial charge in [0.2, 0.25) is 0 Å². The van der Waals surface area contributed by atoms with Crippen molar-refractivity contribution in [2.45, 2.75) is 32.8 Å². The van der Waals surface area contributed by atoms with Crippen LogP contribution in [0.3, 0.4) is 0 Å². The quantitative estimate of drug-likeness (QED) is 0.497. The van der Waals surface area contributed by atoms with E-state index in [1.54, 1.807) is 7.11 Å². The maximum Gasteiger partial charge on any atom is 0.330 e. The van der Waals surface area contributed by atoms with Gasteiger partial charge in [-0.05, 0) is 27.2 Å². The van der Waals surface area contributed by atoms with Crippen molar-refractivity contribution in [3.63, 3.8) is 0 Å². The van der Waals surface area contributed by atoms with Gasteiger partial charge in [-0.3, -0.25) is 0 Å². The molecule has 0 aromatic heterocycles. The zero-order valence-electron chi connectivity index (χ0n) is 9.01. The summed E-state index contributed by atoms with van der Waals surface area (Å²) in [7, 11) is 3.03. The molecule has 0 saturated heterocycles. The lowest BCUT2D eigenvalue weighted by molar-refractivity contribution is -0.134. The zero-order valence-corrected chi connectivity index (χ0v) is 9.01. The molecule has 76 valence electrons. The Morgan fingerprint density at radius 2 is 1.92 bits per heavy atom. The van der Waals surface area contributed by atoms with Crippen molar-refractivity contribution in [3.05, 3.63) is 11.6 Å². The van der Waals surface area contributed by atoms with Crippen molar-refractivity contribution in [2.24, 2.45) is 0 Å². The number of carbonyl (C=O) groups is 1. The second-order valence-electron chi connectivity index (χ2n) is 3.65. The Kier molecular flexibility index (Phi) is 4.70. The number of hydrogen-bond donors (Lipinski definition) is 0. The molecule has 0 heterocycles. The van der Waals surface area contributed by atoms with Crippen LogP contribution in [0.4, 0.5) is 0 Å². The van der Waals surface area contributed by atoms with Gasteiger partial charge in [-0.1, -0.05) is 5.57 Å². The molecule has 0 aliphatic rings. The van der Waals surface area contributed by atoms with Gasteiger partial charge >= 0.3 is 5.97 Å². The fraction of sp³-hybridized carbons (Fsp3) is 0.700. The van der Waals surface area contributed by atoms with Crippen LogP contribution in [0, 0.1) is 0 Å². The van der Waals surface area contributed by atoms with Gasteiger partial charge in [-0.2, -0.15) is 0 Å². The molecular formula is C10H18O3. The molecule has 0 rings (SSSR count). The second-order valence-corrected chi connectivity index (χ2v) is 3.65. The summed E-state index contributed by atoms with van der Waals surface area (Å²) in [4.78, 5) is 10.9. The summed E-state index contributed by atoms with van der Waals surface area (Å²) in [6.45, 7) is 5.83. The van der Waals surface area contributed by atoms with Crippen LogP contribution in [-0.4, -0.2) is 25.8 Å². The Labute approximate surface area is 79.7 Å². The third-order valence-corrected chi connectivity index (χ3v) is 1.82. The molecule has 13 heavy (non-hydrogen) atoms. The molecule has 0 aromatic rings. The first-order valence-corrected chi connectivity index (χ1v) is 4.21. The smallest absolute Gasteiger partial charge is 0.330 e. The molecule has 0 N–H and O–H groups in total. The molecule has 3 nitrogen and oxygen atoms in total. The molecule has 0 aliphatic heterocycles. The summed E-state index contributed by atoms with van der Waals surface area (Å²) in [6, 6.07) is 0. The molecule has 0 spiro atoms. The normalized spacial score (nSPS) is 12.8. The van der Waals surface area contributed by atoms with Crippen molar-refractivity contribution in [2.75, 3.05) is 14.2 Å². The van der Waals surface area contributed by atoms with Crippen molar-refractivity contribution in [1.29, 1.82) is 0 Å². The van der Waals surface area contributed by atoms with Gasteiger partial charge < -0.3 is 9.47 Å². The maximum absolute atomic E-state index is 10.9. The fourth-order valence-corrected chi connectivity index (χ4v) is 1.05. The Bertz CT molecular complexity index is 204. The number of hydrogen-bond acceptors (Lipinski definition) is 3. The van der Waals surface area contributed by atoms with Crippen LogP contribution >= 0.6 is 0 Å². The first-order chi connectivity index (χ1) is 5.91. The van der Waals surface area contributed by atoms with Gasteiger partial charge in [-0.15, -0.1) is 0 Å². The van der Waals surface area contributed by atoms with Crippen LogP contribution in [0.15, 0.2) is 11.6 Å². The van der Waals surface area contributed by atoms with E-state index in [9.17, 15) is 4.79 Å². The first kappa shape index (κ1) is 12.2. The molecule has 0 aliphatic carbocycles. The molecule has 0 aromatic carbocycles. The molecule has 0 saturated carbocycles. The van der Waals surface area contributed by atoms with Crippen LogP contribution in [0.25, 0.3) is 0 Å². The summed E-state index contributed by atoms with van der Waals surface area (Å²) in [5.74, 6) is -0.315. The molecule has 3 heteroatoms. The average Bonchev–Trinajstić information content (AvgIpc) is 2.03. The highest BCUT2D eigenvalue weighted by Gasteiger charge is 2.16. The minimum Gasteiger partial charge on any atom is -0.466 e. The molecule has 0 atom stereocenters. The van der Waals surface area contributed by atoms with E-state index in [4.69, 9.17) is 4.74 Å². The monoisotopic (exact) mass is 186 g/mol. The highest BCUT2D eigenvalue weighted by molar-refractivity contribution is 5.82. The lowest BCUT2D eigenvalue weighted by Gasteiger charge is -2.22. The lowest BCUT2D eigenvalue weighted by Crippen LogP contribution is -2.22. The third-order valence-electron chi connectivity index (χ3n) is 1.82. The van der Waals surface area contributed by atoms with Crippen LogP contribution in [0.1, 0.15) is 27.2 Å². The first-order valence-electron chi connectivity index (χ1n) is 4.21. The van der Waals surface area contributed by atoms with Gasteiger partial charge in [0.25, 0.3) is 0 Å². The predicted octanol–water partition coefficient (Wildman–Crippen LogP) is 1.92. The van der Waals surface area contributed by atoms with Gasteiger partial charge in [-0.25, -0.2) is 4.79 Å². The maximum atomic E-state index is 10.9. The Morgan fingerprint density at radius 3 is 2.31 bits per heavy atom. The Morgan fingerprint density at radius 1 is 1.38 bits per heavy atom. The molecule has 0 radical (unpaired) electrons. The van der Waals surface area contributed by atoms with E-state index in [1.807, 2.05) is 20.8 Å². The van der Waals surface area contributed by atoms with E-state index in [0.717, 1.165) is 12.0 Å². The summed E-state index contributed by atoms with van der Waals surface area (Å²) in [6.07, 6.45) is 2.21. The topological polar surface area (TPSA) is 35.5 Å². The predicted molar refractivity (Wildman–Crippen MR) is 51.5 cm³/mol. The van der Waals surface area contributed by atoms with Crippen LogP contribution in [-0.2, 0) is 14.3 Å². The average molecular weight is 186 g/mol. The van der Waals surface area contributed by atoms with E-state index in [1.165, 1.54) is 13.2 Å². The lowest BCUT2D eigenvalue weighted by atomic mass is 9.99. The van der Waals surface area contributed by atoms with Crippen LogP contribution in [0.5, 0.6) is 0 Å². The van der Waals surface area contributed by atoms with Crippen molar-refractivity contribution >= 4 is 5.97 Å². The highest BCUT2D eigenvalue weighted by Crippen LogP contribution is 2.18. The second kappa shape index (κ2) is 5.02. The van der Waals surface area contributed by atoms with E-state index in [-0.39, 0.29) is 11.6 Å². The minimum absolute atomic E-state index is 0.228. The van der Waals surface area contributed by atoms with Crippen molar-refractivity contribution in [1.82, 2.24) is 0 Å². The molecule has 0 fully saturated rings. The van der Waals surface area contributed by atoms with Crippen molar-refractivity contribution in [3.8, 4) is 0 Å². The van der Waals surface area contributed by atoms with Crippen molar-refractivity contribution < 1.29 is 14.3 Å². The fourth-order valence-electron chi connectivity index (χ4n) is 1.05. The number of rotatable bonds is 4. The van der Waals surface area contributed by atoms with E-state index in [2.05, 4.69) is 4.74 Å². The molecule has 0 amide bonds. The summed E-state index contributed by atoms with van der Waals surface area (Å²) in [5, 5.41) is 0. The van der Waals surface area contributed by atoms with Gasteiger partial charge in [0, 0.05) is 13.2 Å². The van der Waals surface area contributed by atoms with Crippen LogP contribution < -0.4 is 0 Å². The summed E-state index contributed by atoms with van der Waals surface area (Å²) < 4.78 is 9.74. The largest absolute Gasteiger partial charge is 0.466 e. The van der Waals surface area contributed by atoms with Crippen LogP contribution in [0.2, 0.25) is 0 Å². The van der Waals surface area contributed by atoms with Gasteiger partial charge in [0.15, 0.2) is 0 Å². The number of ether oxygens (including phenoxy) is 2. The third kappa shape index (κ3) is 5.42. The highest BCUT2D eigenvalue weighted by atomic mass is 16.5. The molecule has 0 unspecified atom stereocenters. The number of esters is 1. The SMILES string of the molecule is COC(=O)/C=C(/C)CC(C)(C)OC. The standard InChI is InChI=1S/C10H18O3/c1-8(6-9(11)12-4)7-10(2,3)13-5/h6H,7H2,1-5H3/b8-6-. The molecule has 0 bridgehead atoms. The Hall–Kier alpha value is -0.830. The van der Waals surface area contributed by atoms with Gasteiger partial charge in [0.1, 0.15) is 0 Å². The van der Waals surface area contributed by atoms with Gasteiger partial charge in [0.05, 0.1) is 12.7 Å². The summed E-state index contributed by atoms with van der Waals surface area (Å²) in [5.41, 5.74) is 0.730. The number of methoxy groups -OCH3 is 2. The summed E-state index contributed by atoms with van der Waals surface area (Å²) >= 11 is 0. The van der Waals surface area contributed by atoms with E-state index >= 15 is 0 Å². The Balaban J connectivity index is 4.21. The number of carbonyl (C=O) groups excluding carboxylic acids is 1. The molecular weight excluding hydrogens is 168 g/mol. The minimum atomic E-state index is -0.315.